The fourth-order valence-corrected chi connectivity index (χ4v) is 5.06. The first-order valence-electron chi connectivity index (χ1n) is 9.80. The Balaban J connectivity index is 1.96. The molecule has 1 aliphatic rings. The zero-order chi connectivity index (χ0) is 17.8. The lowest BCUT2D eigenvalue weighted by molar-refractivity contribution is 0.374. The predicted molar refractivity (Wildman–Crippen MR) is 107 cm³/mol. The van der Waals surface area contributed by atoms with Gasteiger partial charge in [-0.1, -0.05) is 32.6 Å². The number of rotatable bonds is 8. The van der Waals surface area contributed by atoms with Crippen molar-refractivity contribution in [1.82, 2.24) is 14.5 Å². The Morgan fingerprint density at radius 1 is 1.12 bits per heavy atom. The number of unbranched alkanes of at least 4 members (excludes halogenated alkanes) is 4. The molecule has 138 valence electrons. The Morgan fingerprint density at radius 2 is 1.88 bits per heavy atom. The summed E-state index contributed by atoms with van der Waals surface area (Å²) in [6.07, 6.45) is 10.7. The van der Waals surface area contributed by atoms with E-state index >= 15 is 0 Å². The van der Waals surface area contributed by atoms with Crippen molar-refractivity contribution in [2.45, 2.75) is 77.8 Å². The third-order valence-corrected chi connectivity index (χ3v) is 6.28. The quantitative estimate of drug-likeness (QED) is 0.655. The Morgan fingerprint density at radius 3 is 2.64 bits per heavy atom. The Hall–Kier alpha value is -1.20. The van der Waals surface area contributed by atoms with Gasteiger partial charge in [0.05, 0.1) is 11.9 Å². The summed E-state index contributed by atoms with van der Waals surface area (Å²) in [7, 11) is 4.09. The van der Waals surface area contributed by atoms with E-state index in [1.54, 1.807) is 11.3 Å². The highest BCUT2D eigenvalue weighted by Gasteiger charge is 2.22. The van der Waals surface area contributed by atoms with E-state index in [4.69, 9.17) is 4.98 Å². The highest BCUT2D eigenvalue weighted by Crippen LogP contribution is 2.33. The summed E-state index contributed by atoms with van der Waals surface area (Å²) >= 11 is 1.76. The van der Waals surface area contributed by atoms with Crippen molar-refractivity contribution in [3.63, 3.8) is 0 Å². The van der Waals surface area contributed by atoms with Gasteiger partial charge >= 0.3 is 0 Å². The summed E-state index contributed by atoms with van der Waals surface area (Å²) in [4.78, 5) is 22.7. The lowest BCUT2D eigenvalue weighted by Gasteiger charge is -2.16. The summed E-state index contributed by atoms with van der Waals surface area (Å²) < 4.78 is 1.97. The van der Waals surface area contributed by atoms with Crippen LogP contribution in [0, 0.1) is 0 Å². The maximum absolute atomic E-state index is 13.3. The molecule has 0 unspecified atom stereocenters. The molecule has 3 rings (SSSR count). The van der Waals surface area contributed by atoms with Crippen LogP contribution in [-0.4, -0.2) is 28.5 Å². The van der Waals surface area contributed by atoms with Gasteiger partial charge in [0.1, 0.15) is 10.7 Å². The van der Waals surface area contributed by atoms with Crippen molar-refractivity contribution >= 4 is 21.6 Å². The molecule has 0 atom stereocenters. The van der Waals surface area contributed by atoms with Crippen molar-refractivity contribution in [3.05, 3.63) is 26.6 Å². The molecule has 4 nitrogen and oxygen atoms in total. The largest absolute Gasteiger partial charge is 0.302 e. The molecule has 0 spiro atoms. The van der Waals surface area contributed by atoms with E-state index in [1.165, 1.54) is 49.0 Å². The monoisotopic (exact) mass is 361 g/mol. The number of aryl methyl sites for hydroxylation is 2. The second kappa shape index (κ2) is 8.45. The van der Waals surface area contributed by atoms with E-state index < -0.39 is 0 Å². The molecule has 2 aromatic heterocycles. The topological polar surface area (TPSA) is 38.1 Å². The first-order chi connectivity index (χ1) is 12.1. The number of thiophene rings is 1. The molecule has 0 aliphatic heterocycles. The highest BCUT2D eigenvalue weighted by atomic mass is 32.1. The Labute approximate surface area is 154 Å². The smallest absolute Gasteiger partial charge is 0.262 e. The first kappa shape index (κ1) is 18.6. The molecular weight excluding hydrogens is 330 g/mol. The molecule has 2 aromatic rings. The fourth-order valence-electron chi connectivity index (χ4n) is 3.79. The van der Waals surface area contributed by atoms with E-state index in [-0.39, 0.29) is 5.56 Å². The average Bonchev–Trinajstić information content (AvgIpc) is 2.94. The van der Waals surface area contributed by atoms with Crippen LogP contribution in [0.2, 0.25) is 0 Å². The van der Waals surface area contributed by atoms with Gasteiger partial charge in [0.25, 0.3) is 5.56 Å². The Kier molecular flexibility index (Phi) is 6.29. The molecular formula is C20H31N3OS. The fraction of sp³-hybridized carbons (Fsp3) is 0.700. The van der Waals surface area contributed by atoms with E-state index in [2.05, 4.69) is 11.8 Å². The number of hydrogen-bond donors (Lipinski definition) is 0. The number of nitrogens with zero attached hydrogens (tertiary/aromatic N) is 3. The zero-order valence-electron chi connectivity index (χ0n) is 15.9. The van der Waals surface area contributed by atoms with E-state index in [0.29, 0.717) is 0 Å². The minimum absolute atomic E-state index is 0.205. The minimum atomic E-state index is 0.205. The van der Waals surface area contributed by atoms with Gasteiger partial charge < -0.3 is 4.90 Å². The van der Waals surface area contributed by atoms with Gasteiger partial charge in [-0.2, -0.15) is 0 Å². The van der Waals surface area contributed by atoms with Crippen LogP contribution in [0.25, 0.3) is 10.2 Å². The third kappa shape index (κ3) is 4.14. The van der Waals surface area contributed by atoms with Crippen LogP contribution in [-0.2, 0) is 25.9 Å². The molecule has 0 N–H and O–H groups in total. The summed E-state index contributed by atoms with van der Waals surface area (Å²) in [6.45, 7) is 3.76. The summed E-state index contributed by atoms with van der Waals surface area (Å²) in [5, 5.41) is 0.927. The maximum Gasteiger partial charge on any atom is 0.262 e. The zero-order valence-corrected chi connectivity index (χ0v) is 16.8. The second-order valence-electron chi connectivity index (χ2n) is 7.53. The third-order valence-electron chi connectivity index (χ3n) is 5.10. The van der Waals surface area contributed by atoms with Gasteiger partial charge in [-0.3, -0.25) is 9.36 Å². The molecule has 0 saturated heterocycles. The number of hydrogen-bond acceptors (Lipinski definition) is 4. The minimum Gasteiger partial charge on any atom is -0.302 e. The van der Waals surface area contributed by atoms with Crippen LogP contribution in [0.5, 0.6) is 0 Å². The van der Waals surface area contributed by atoms with Gasteiger partial charge in [0.2, 0.25) is 0 Å². The van der Waals surface area contributed by atoms with E-state index in [9.17, 15) is 4.79 Å². The Bertz CT molecular complexity index is 775. The molecule has 0 amide bonds. The van der Waals surface area contributed by atoms with Crippen molar-refractivity contribution < 1.29 is 0 Å². The van der Waals surface area contributed by atoms with Crippen LogP contribution < -0.4 is 5.56 Å². The lowest BCUT2D eigenvalue weighted by atomic mass is 9.97. The van der Waals surface area contributed by atoms with Gasteiger partial charge in [0.15, 0.2) is 0 Å². The molecule has 0 aromatic carbocycles. The molecule has 1 aliphatic carbocycles. The molecule has 0 radical (unpaired) electrons. The van der Waals surface area contributed by atoms with Gasteiger partial charge in [-0.15, -0.1) is 11.3 Å². The van der Waals surface area contributed by atoms with E-state index in [1.807, 2.05) is 18.7 Å². The van der Waals surface area contributed by atoms with Crippen LogP contribution >= 0.6 is 11.3 Å². The van der Waals surface area contributed by atoms with Crippen molar-refractivity contribution in [1.29, 1.82) is 0 Å². The molecule has 25 heavy (non-hydrogen) atoms. The predicted octanol–water partition coefficient (Wildman–Crippen LogP) is 4.37. The molecule has 5 heteroatoms. The molecule has 2 heterocycles. The van der Waals surface area contributed by atoms with Gasteiger partial charge in [-0.25, -0.2) is 4.98 Å². The number of aromatic nitrogens is 2. The van der Waals surface area contributed by atoms with E-state index in [0.717, 1.165) is 48.4 Å². The highest BCUT2D eigenvalue weighted by molar-refractivity contribution is 7.18. The van der Waals surface area contributed by atoms with Crippen molar-refractivity contribution in [3.8, 4) is 0 Å². The number of fused-ring (bicyclic) bond motifs is 3. The average molecular weight is 362 g/mol. The lowest BCUT2D eigenvalue weighted by Crippen LogP contribution is -2.28. The molecule has 0 bridgehead atoms. The SMILES string of the molecule is CCCCCCCn1c(CN(C)C)nc2sc3c(c2c1=O)CCCC3. The summed E-state index contributed by atoms with van der Waals surface area (Å²) in [6, 6.07) is 0. The summed E-state index contributed by atoms with van der Waals surface area (Å²) in [5.41, 5.74) is 1.51. The standard InChI is InChI=1S/C20H31N3OS/c1-4-5-6-7-10-13-23-17(14-22(2)3)21-19-18(20(23)24)15-11-8-9-12-16(15)25-19/h4-14H2,1-3H3. The van der Waals surface area contributed by atoms with Crippen LogP contribution in [0.15, 0.2) is 4.79 Å². The molecule has 0 saturated carbocycles. The molecule has 0 fully saturated rings. The normalized spacial score (nSPS) is 14.4. The second-order valence-corrected chi connectivity index (χ2v) is 8.61. The van der Waals surface area contributed by atoms with Crippen molar-refractivity contribution in [2.75, 3.05) is 14.1 Å². The first-order valence-corrected chi connectivity index (χ1v) is 10.6. The van der Waals surface area contributed by atoms with Crippen LogP contribution in [0.4, 0.5) is 0 Å². The maximum atomic E-state index is 13.3. The van der Waals surface area contributed by atoms with Crippen LogP contribution in [0.3, 0.4) is 0 Å². The van der Waals surface area contributed by atoms with Crippen LogP contribution in [0.1, 0.15) is 68.1 Å². The summed E-state index contributed by atoms with van der Waals surface area (Å²) in [5.74, 6) is 0.927. The van der Waals surface area contributed by atoms with Crippen molar-refractivity contribution in [2.24, 2.45) is 0 Å². The van der Waals surface area contributed by atoms with Gasteiger partial charge in [0, 0.05) is 11.4 Å². The van der Waals surface area contributed by atoms with Gasteiger partial charge in [-0.05, 0) is 51.8 Å².